The van der Waals surface area contributed by atoms with Gasteiger partial charge >= 0.3 is 0 Å². The van der Waals surface area contributed by atoms with E-state index in [-0.39, 0.29) is 6.04 Å². The molecule has 0 aromatic carbocycles. The summed E-state index contributed by atoms with van der Waals surface area (Å²) >= 11 is 0. The zero-order valence-electron chi connectivity index (χ0n) is 9.58. The normalized spacial score (nSPS) is 24.7. The fourth-order valence-electron chi connectivity index (χ4n) is 2.10. The molecule has 0 unspecified atom stereocenters. The van der Waals surface area contributed by atoms with Crippen molar-refractivity contribution in [3.63, 3.8) is 0 Å². The summed E-state index contributed by atoms with van der Waals surface area (Å²) in [6.07, 6.45) is 2.14. The summed E-state index contributed by atoms with van der Waals surface area (Å²) in [7, 11) is 0. The summed E-state index contributed by atoms with van der Waals surface area (Å²) < 4.78 is 11.4. The smallest absolute Gasteiger partial charge is 0.170 e. The van der Waals surface area contributed by atoms with E-state index in [1.807, 2.05) is 13.8 Å². The minimum absolute atomic E-state index is 0.196. The van der Waals surface area contributed by atoms with E-state index < -0.39 is 5.79 Å². The van der Waals surface area contributed by atoms with Crippen LogP contribution < -0.4 is 5.32 Å². The molecule has 86 valence electrons. The molecule has 1 aliphatic heterocycles. The van der Waals surface area contributed by atoms with E-state index in [4.69, 9.17) is 14.7 Å². The summed E-state index contributed by atoms with van der Waals surface area (Å²) in [5.41, 5.74) is 0. The van der Waals surface area contributed by atoms with Crippen LogP contribution in [0.5, 0.6) is 0 Å². The fourth-order valence-corrected chi connectivity index (χ4v) is 2.10. The zero-order valence-corrected chi connectivity index (χ0v) is 9.58. The minimum Gasteiger partial charge on any atom is -0.350 e. The van der Waals surface area contributed by atoms with Crippen molar-refractivity contribution in [3.05, 3.63) is 0 Å². The first-order valence-corrected chi connectivity index (χ1v) is 5.64. The van der Waals surface area contributed by atoms with Gasteiger partial charge in [0.2, 0.25) is 0 Å². The van der Waals surface area contributed by atoms with Gasteiger partial charge < -0.3 is 14.8 Å². The van der Waals surface area contributed by atoms with Crippen molar-refractivity contribution in [1.82, 2.24) is 5.32 Å². The molecule has 1 atom stereocenters. The number of ether oxygens (including phenoxy) is 2. The molecule has 1 N–H and O–H groups in total. The van der Waals surface area contributed by atoms with E-state index in [2.05, 4.69) is 11.4 Å². The number of nitrogens with zero attached hydrogens (tertiary/aromatic N) is 1. The van der Waals surface area contributed by atoms with E-state index in [0.29, 0.717) is 19.6 Å². The molecule has 15 heavy (non-hydrogen) atoms. The Morgan fingerprint density at radius 1 is 1.40 bits per heavy atom. The second-order valence-corrected chi connectivity index (χ2v) is 3.74. The van der Waals surface area contributed by atoms with Gasteiger partial charge in [0.15, 0.2) is 5.79 Å². The van der Waals surface area contributed by atoms with E-state index in [0.717, 1.165) is 19.4 Å². The van der Waals surface area contributed by atoms with Gasteiger partial charge in [-0.15, -0.1) is 0 Å². The molecule has 1 heterocycles. The van der Waals surface area contributed by atoms with Gasteiger partial charge in [0.05, 0.1) is 12.5 Å². The molecule has 1 fully saturated rings. The van der Waals surface area contributed by atoms with Crippen molar-refractivity contribution in [1.29, 1.82) is 5.26 Å². The predicted molar refractivity (Wildman–Crippen MR) is 57.2 cm³/mol. The van der Waals surface area contributed by atoms with Gasteiger partial charge in [-0.1, -0.05) is 0 Å². The molecule has 0 aliphatic carbocycles. The highest BCUT2D eigenvalue weighted by Crippen LogP contribution is 2.28. The lowest BCUT2D eigenvalue weighted by Gasteiger charge is -2.40. The van der Waals surface area contributed by atoms with Crippen molar-refractivity contribution < 1.29 is 9.47 Å². The fraction of sp³-hybridized carbons (Fsp3) is 0.909. The molecular weight excluding hydrogens is 192 g/mol. The molecule has 0 amide bonds. The highest BCUT2D eigenvalue weighted by molar-refractivity contribution is 4.90. The van der Waals surface area contributed by atoms with E-state index in [1.54, 1.807) is 0 Å². The van der Waals surface area contributed by atoms with Crippen LogP contribution in [-0.2, 0) is 9.47 Å². The van der Waals surface area contributed by atoms with Crippen molar-refractivity contribution in [2.45, 2.75) is 44.9 Å². The van der Waals surface area contributed by atoms with E-state index >= 15 is 0 Å². The summed E-state index contributed by atoms with van der Waals surface area (Å²) in [4.78, 5) is 0. The standard InChI is InChI=1S/C11H20N2O2/c1-3-14-11(15-4-2)6-8-13-10(9-11)5-7-12/h10,13H,3-6,8-9H2,1-2H3/t10-/m1/s1. The Balaban J connectivity index is 2.58. The van der Waals surface area contributed by atoms with Gasteiger partial charge in [0.1, 0.15) is 0 Å². The first-order chi connectivity index (χ1) is 7.26. The Kier molecular flexibility index (Phi) is 5.03. The first-order valence-electron chi connectivity index (χ1n) is 5.64. The first kappa shape index (κ1) is 12.4. The van der Waals surface area contributed by atoms with E-state index in [1.165, 1.54) is 0 Å². The SMILES string of the molecule is CCOC1(OCC)CCN[C@H](CC#N)C1. The van der Waals surface area contributed by atoms with E-state index in [9.17, 15) is 0 Å². The Hall–Kier alpha value is -0.630. The third-order valence-electron chi connectivity index (χ3n) is 2.65. The van der Waals surface area contributed by atoms with Gasteiger partial charge in [-0.3, -0.25) is 0 Å². The van der Waals surface area contributed by atoms with Crippen LogP contribution in [0.15, 0.2) is 0 Å². The third kappa shape index (κ3) is 3.45. The Labute approximate surface area is 91.6 Å². The molecule has 0 aromatic heterocycles. The Bertz CT molecular complexity index is 214. The van der Waals surface area contributed by atoms with Crippen molar-refractivity contribution in [2.24, 2.45) is 0 Å². The van der Waals surface area contributed by atoms with Gasteiger partial charge in [-0.05, 0) is 13.8 Å². The van der Waals surface area contributed by atoms with Crippen LogP contribution in [0.1, 0.15) is 33.1 Å². The second kappa shape index (κ2) is 6.06. The summed E-state index contributed by atoms with van der Waals surface area (Å²) in [5.74, 6) is -0.462. The van der Waals surface area contributed by atoms with Crippen molar-refractivity contribution in [2.75, 3.05) is 19.8 Å². The lowest BCUT2D eigenvalue weighted by atomic mass is 9.96. The minimum atomic E-state index is -0.462. The quantitative estimate of drug-likeness (QED) is 0.700. The van der Waals surface area contributed by atoms with Crippen LogP contribution in [0.25, 0.3) is 0 Å². The van der Waals surface area contributed by atoms with Crippen LogP contribution in [0.2, 0.25) is 0 Å². The largest absolute Gasteiger partial charge is 0.350 e. The maximum atomic E-state index is 8.68. The zero-order chi connectivity index (χ0) is 11.1. The lowest BCUT2D eigenvalue weighted by Crippen LogP contribution is -2.51. The molecule has 0 radical (unpaired) electrons. The third-order valence-corrected chi connectivity index (χ3v) is 2.65. The van der Waals surface area contributed by atoms with Gasteiger partial charge in [-0.25, -0.2) is 0 Å². The van der Waals surface area contributed by atoms with Crippen LogP contribution in [0.4, 0.5) is 0 Å². The molecule has 0 aromatic rings. The lowest BCUT2D eigenvalue weighted by molar-refractivity contribution is -0.249. The molecule has 1 rings (SSSR count). The summed E-state index contributed by atoms with van der Waals surface area (Å²) in [6.45, 7) is 6.11. The number of nitrogens with one attached hydrogen (secondary N) is 1. The van der Waals surface area contributed by atoms with Crippen molar-refractivity contribution >= 4 is 0 Å². The number of piperidine rings is 1. The average Bonchev–Trinajstić information content (AvgIpc) is 2.19. The Morgan fingerprint density at radius 3 is 2.60 bits per heavy atom. The monoisotopic (exact) mass is 212 g/mol. The summed E-state index contributed by atoms with van der Waals surface area (Å²) in [6, 6.07) is 2.38. The average molecular weight is 212 g/mol. The van der Waals surface area contributed by atoms with Crippen LogP contribution >= 0.6 is 0 Å². The molecular formula is C11H20N2O2. The number of nitriles is 1. The summed E-state index contributed by atoms with van der Waals surface area (Å²) in [5, 5.41) is 12.0. The number of hydrogen-bond acceptors (Lipinski definition) is 4. The van der Waals surface area contributed by atoms with Gasteiger partial charge in [-0.2, -0.15) is 5.26 Å². The molecule has 1 saturated heterocycles. The second-order valence-electron chi connectivity index (χ2n) is 3.74. The highest BCUT2D eigenvalue weighted by Gasteiger charge is 2.37. The maximum absolute atomic E-state index is 8.68. The Morgan fingerprint density at radius 2 is 2.07 bits per heavy atom. The maximum Gasteiger partial charge on any atom is 0.170 e. The van der Waals surface area contributed by atoms with Gasteiger partial charge in [0, 0.05) is 38.6 Å². The molecule has 0 spiro atoms. The van der Waals surface area contributed by atoms with Crippen LogP contribution in [-0.4, -0.2) is 31.6 Å². The molecule has 4 nitrogen and oxygen atoms in total. The van der Waals surface area contributed by atoms with Crippen LogP contribution in [0.3, 0.4) is 0 Å². The molecule has 4 heteroatoms. The highest BCUT2D eigenvalue weighted by atomic mass is 16.7. The van der Waals surface area contributed by atoms with Gasteiger partial charge in [0.25, 0.3) is 0 Å². The molecule has 1 aliphatic rings. The topological polar surface area (TPSA) is 54.3 Å². The number of rotatable bonds is 5. The molecule has 0 bridgehead atoms. The number of hydrogen-bond donors (Lipinski definition) is 1. The van der Waals surface area contributed by atoms with Crippen molar-refractivity contribution in [3.8, 4) is 6.07 Å². The predicted octanol–water partition coefficient (Wildman–Crippen LogP) is 1.42. The van der Waals surface area contributed by atoms with Crippen LogP contribution in [0, 0.1) is 11.3 Å². The molecule has 0 saturated carbocycles.